The molecule has 1 fully saturated rings. The van der Waals surface area contributed by atoms with E-state index < -0.39 is 6.10 Å². The van der Waals surface area contributed by atoms with Crippen LogP contribution in [-0.4, -0.2) is 68.5 Å². The summed E-state index contributed by atoms with van der Waals surface area (Å²) in [4.78, 5) is 15.8. The van der Waals surface area contributed by atoms with Crippen LogP contribution >= 0.6 is 0 Å². The normalized spacial score (nSPS) is 15.9. The number of amides is 1. The maximum atomic E-state index is 12.6. The van der Waals surface area contributed by atoms with Gasteiger partial charge in [-0.15, -0.1) is 0 Å². The molecule has 6 heteroatoms. The highest BCUT2D eigenvalue weighted by Gasteiger charge is 2.26. The molecule has 0 bridgehead atoms. The van der Waals surface area contributed by atoms with Crippen LogP contribution in [-0.2, 0) is 0 Å². The van der Waals surface area contributed by atoms with Gasteiger partial charge in [-0.05, 0) is 48.9 Å². The van der Waals surface area contributed by atoms with Gasteiger partial charge < -0.3 is 24.4 Å². The number of aliphatic hydroxyl groups excluding tert-OH is 1. The predicted octanol–water partition coefficient (Wildman–Crippen LogP) is 0.784. The molecule has 0 aliphatic carbocycles. The first-order valence-corrected chi connectivity index (χ1v) is 9.69. The van der Waals surface area contributed by atoms with Crippen LogP contribution in [0.3, 0.4) is 0 Å². The van der Waals surface area contributed by atoms with Gasteiger partial charge in [0.25, 0.3) is 5.91 Å². The van der Waals surface area contributed by atoms with E-state index in [0.29, 0.717) is 25.2 Å². The minimum Gasteiger partial charge on any atom is -0.497 e. The molecule has 1 amide bonds. The van der Waals surface area contributed by atoms with Crippen molar-refractivity contribution in [2.45, 2.75) is 13.0 Å². The standard InChI is InChI=1S/C22H28N2O4/c1-17-4-3-5-21(14-17)28-16-19(25)15-23-10-12-24(13-11-23)22(26)18-6-8-20(27-2)9-7-18/h3-9,14,19,25H,10-13,15-16H2,1-2H3/p+1/t19-/m0/s1. The largest absolute Gasteiger partial charge is 0.497 e. The van der Waals surface area contributed by atoms with Gasteiger partial charge in [0.2, 0.25) is 0 Å². The van der Waals surface area contributed by atoms with Crippen LogP contribution in [0.2, 0.25) is 0 Å². The zero-order chi connectivity index (χ0) is 19.9. The van der Waals surface area contributed by atoms with Crippen LogP contribution in [0, 0.1) is 6.92 Å². The number of carbonyl (C=O) groups is 1. The summed E-state index contributed by atoms with van der Waals surface area (Å²) in [6.07, 6.45) is -0.528. The Morgan fingerprint density at radius 3 is 2.50 bits per heavy atom. The number of aliphatic hydroxyl groups is 1. The van der Waals surface area contributed by atoms with E-state index in [-0.39, 0.29) is 12.5 Å². The SMILES string of the molecule is COc1ccc(C(=O)N2CC[NH+](C[C@H](O)COc3cccc(C)c3)CC2)cc1. The number of carbonyl (C=O) groups excluding carboxylic acids is 1. The van der Waals surface area contributed by atoms with Crippen molar-refractivity contribution in [3.05, 3.63) is 59.7 Å². The number of methoxy groups -OCH3 is 1. The van der Waals surface area contributed by atoms with E-state index in [1.165, 1.54) is 4.90 Å². The molecule has 6 nitrogen and oxygen atoms in total. The third-order valence-electron chi connectivity index (χ3n) is 5.05. The Labute approximate surface area is 166 Å². The summed E-state index contributed by atoms with van der Waals surface area (Å²) >= 11 is 0. The number of piperazine rings is 1. The van der Waals surface area contributed by atoms with Crippen molar-refractivity contribution in [2.75, 3.05) is 46.4 Å². The quantitative estimate of drug-likeness (QED) is 0.740. The Balaban J connectivity index is 1.42. The van der Waals surface area contributed by atoms with Crippen molar-refractivity contribution >= 4 is 5.91 Å². The summed E-state index contributed by atoms with van der Waals surface area (Å²) in [5, 5.41) is 10.3. The fraction of sp³-hybridized carbons (Fsp3) is 0.409. The minimum absolute atomic E-state index is 0.0463. The number of nitrogens with zero attached hydrogens (tertiary/aromatic N) is 1. The first-order chi connectivity index (χ1) is 13.5. The molecular weight excluding hydrogens is 356 g/mol. The van der Waals surface area contributed by atoms with Gasteiger partial charge in [0.15, 0.2) is 0 Å². The van der Waals surface area contributed by atoms with Gasteiger partial charge in [-0.1, -0.05) is 12.1 Å². The molecule has 0 saturated carbocycles. The number of aryl methyl sites for hydroxylation is 1. The Morgan fingerprint density at radius 1 is 1.14 bits per heavy atom. The molecule has 2 aromatic carbocycles. The van der Waals surface area contributed by atoms with Crippen molar-refractivity contribution < 1.29 is 24.3 Å². The number of hydrogen-bond acceptors (Lipinski definition) is 4. The monoisotopic (exact) mass is 385 g/mol. The number of nitrogens with one attached hydrogen (secondary N) is 1. The average Bonchev–Trinajstić information content (AvgIpc) is 2.72. The molecule has 1 aliphatic heterocycles. The molecule has 0 radical (unpaired) electrons. The van der Waals surface area contributed by atoms with Crippen LogP contribution in [0.5, 0.6) is 11.5 Å². The Kier molecular flexibility index (Phi) is 6.90. The van der Waals surface area contributed by atoms with Crippen LogP contribution in [0.4, 0.5) is 0 Å². The van der Waals surface area contributed by atoms with E-state index in [1.807, 2.05) is 36.1 Å². The summed E-state index contributed by atoms with van der Waals surface area (Å²) in [6.45, 7) is 5.93. The van der Waals surface area contributed by atoms with Gasteiger partial charge >= 0.3 is 0 Å². The number of quaternary nitrogens is 1. The molecule has 3 rings (SSSR count). The van der Waals surface area contributed by atoms with E-state index in [9.17, 15) is 9.90 Å². The zero-order valence-electron chi connectivity index (χ0n) is 16.6. The second-order valence-electron chi connectivity index (χ2n) is 7.26. The van der Waals surface area contributed by atoms with Crippen molar-refractivity contribution in [3.63, 3.8) is 0 Å². The van der Waals surface area contributed by atoms with E-state index in [0.717, 1.165) is 30.2 Å². The van der Waals surface area contributed by atoms with Crippen LogP contribution in [0.15, 0.2) is 48.5 Å². The van der Waals surface area contributed by atoms with E-state index in [2.05, 4.69) is 0 Å². The lowest BCUT2D eigenvalue weighted by atomic mass is 10.1. The molecule has 28 heavy (non-hydrogen) atoms. The highest BCUT2D eigenvalue weighted by Crippen LogP contribution is 2.14. The Hall–Kier alpha value is -2.57. The Morgan fingerprint density at radius 2 is 1.86 bits per heavy atom. The predicted molar refractivity (Wildman–Crippen MR) is 107 cm³/mol. The second kappa shape index (κ2) is 9.57. The second-order valence-corrected chi connectivity index (χ2v) is 7.26. The molecule has 0 aromatic heterocycles. The molecule has 0 unspecified atom stereocenters. The molecule has 0 spiro atoms. The first-order valence-electron chi connectivity index (χ1n) is 9.69. The molecule has 150 valence electrons. The molecule has 1 heterocycles. The van der Waals surface area contributed by atoms with Gasteiger partial charge in [0, 0.05) is 5.56 Å². The lowest BCUT2D eigenvalue weighted by Crippen LogP contribution is -3.16. The van der Waals surface area contributed by atoms with Gasteiger partial charge in [0.05, 0.1) is 33.3 Å². The van der Waals surface area contributed by atoms with Crippen molar-refractivity contribution in [1.29, 1.82) is 0 Å². The fourth-order valence-corrected chi connectivity index (χ4v) is 3.44. The van der Waals surface area contributed by atoms with Crippen molar-refractivity contribution in [1.82, 2.24) is 4.90 Å². The Bertz CT molecular complexity index is 770. The van der Waals surface area contributed by atoms with Crippen molar-refractivity contribution in [3.8, 4) is 11.5 Å². The molecule has 2 aromatic rings. The highest BCUT2D eigenvalue weighted by atomic mass is 16.5. The number of benzene rings is 2. The molecule has 1 aliphatic rings. The molecular formula is C22H29N2O4+. The van der Waals surface area contributed by atoms with E-state index in [4.69, 9.17) is 9.47 Å². The van der Waals surface area contributed by atoms with Crippen LogP contribution < -0.4 is 14.4 Å². The number of hydrogen-bond donors (Lipinski definition) is 2. The fourth-order valence-electron chi connectivity index (χ4n) is 3.44. The zero-order valence-corrected chi connectivity index (χ0v) is 16.6. The summed E-state index contributed by atoms with van der Waals surface area (Å²) in [5.74, 6) is 1.57. The smallest absolute Gasteiger partial charge is 0.254 e. The van der Waals surface area contributed by atoms with E-state index >= 15 is 0 Å². The van der Waals surface area contributed by atoms with Crippen LogP contribution in [0.25, 0.3) is 0 Å². The maximum Gasteiger partial charge on any atom is 0.254 e. The van der Waals surface area contributed by atoms with Crippen molar-refractivity contribution in [2.24, 2.45) is 0 Å². The summed E-state index contributed by atoms with van der Waals surface area (Å²) in [6, 6.07) is 15.0. The third-order valence-corrected chi connectivity index (χ3v) is 5.05. The van der Waals surface area contributed by atoms with Gasteiger partial charge in [0.1, 0.15) is 30.8 Å². The average molecular weight is 385 g/mol. The lowest BCUT2D eigenvalue weighted by Gasteiger charge is -2.33. The topological polar surface area (TPSA) is 63.4 Å². The molecule has 1 saturated heterocycles. The van der Waals surface area contributed by atoms with Gasteiger partial charge in [-0.25, -0.2) is 0 Å². The third kappa shape index (κ3) is 5.47. The highest BCUT2D eigenvalue weighted by molar-refractivity contribution is 5.94. The van der Waals surface area contributed by atoms with Crippen LogP contribution in [0.1, 0.15) is 15.9 Å². The van der Waals surface area contributed by atoms with E-state index in [1.54, 1.807) is 31.4 Å². The summed E-state index contributed by atoms with van der Waals surface area (Å²) in [7, 11) is 1.61. The summed E-state index contributed by atoms with van der Waals surface area (Å²) in [5.41, 5.74) is 1.81. The lowest BCUT2D eigenvalue weighted by molar-refractivity contribution is -0.907. The van der Waals surface area contributed by atoms with Gasteiger partial charge in [-0.3, -0.25) is 4.79 Å². The maximum absolute atomic E-state index is 12.6. The van der Waals surface area contributed by atoms with Gasteiger partial charge in [-0.2, -0.15) is 0 Å². The number of ether oxygens (including phenoxy) is 2. The molecule has 1 atom stereocenters. The number of rotatable bonds is 7. The minimum atomic E-state index is -0.528. The first kappa shape index (κ1) is 20.2. The summed E-state index contributed by atoms with van der Waals surface area (Å²) < 4.78 is 10.8. The molecule has 2 N–H and O–H groups in total.